The molecule has 1 aliphatic rings. The molecule has 2 heterocycles. The summed E-state index contributed by atoms with van der Waals surface area (Å²) in [6.07, 6.45) is -0.563. The summed E-state index contributed by atoms with van der Waals surface area (Å²) in [6, 6.07) is 2.36. The van der Waals surface area contributed by atoms with Crippen molar-refractivity contribution in [2.45, 2.75) is 11.7 Å². The van der Waals surface area contributed by atoms with Crippen molar-refractivity contribution < 1.29 is 27.0 Å². The van der Waals surface area contributed by atoms with Crippen molar-refractivity contribution in [3.8, 4) is 0 Å². The third kappa shape index (κ3) is 2.73. The quantitative estimate of drug-likeness (QED) is 0.653. The van der Waals surface area contributed by atoms with E-state index in [-0.39, 0.29) is 16.5 Å². The van der Waals surface area contributed by atoms with Crippen molar-refractivity contribution in [3.63, 3.8) is 0 Å². The fourth-order valence-electron chi connectivity index (χ4n) is 1.87. The van der Waals surface area contributed by atoms with Gasteiger partial charge in [0.2, 0.25) is 5.91 Å². The van der Waals surface area contributed by atoms with Crippen LogP contribution in [0.3, 0.4) is 0 Å². The van der Waals surface area contributed by atoms with Crippen LogP contribution in [0.2, 0.25) is 5.15 Å². The lowest BCUT2D eigenvalue weighted by Gasteiger charge is -2.17. The van der Waals surface area contributed by atoms with Crippen molar-refractivity contribution in [2.24, 2.45) is 0 Å². The molecule has 0 bridgehead atoms. The maximum atomic E-state index is 12.9. The van der Waals surface area contributed by atoms with Gasteiger partial charge in [-0.25, -0.2) is 9.78 Å². The fraction of sp³-hybridized carbons (Fsp3) is 0.300. The van der Waals surface area contributed by atoms with Gasteiger partial charge >= 0.3 is 16.2 Å². The molecular formula is C10H8ClFN2O5S. The predicted molar refractivity (Wildman–Crippen MR) is 67.0 cm³/mol. The summed E-state index contributed by atoms with van der Waals surface area (Å²) in [5.74, 6) is -2.38. The number of rotatable bonds is 3. The van der Waals surface area contributed by atoms with E-state index in [4.69, 9.17) is 16.7 Å². The van der Waals surface area contributed by atoms with Crippen LogP contribution in [-0.4, -0.2) is 42.2 Å². The number of carboxylic acids is 1. The van der Waals surface area contributed by atoms with Gasteiger partial charge in [0.1, 0.15) is 16.0 Å². The molecule has 1 atom stereocenters. The van der Waals surface area contributed by atoms with Gasteiger partial charge in [-0.3, -0.25) is 9.69 Å². The zero-order valence-corrected chi connectivity index (χ0v) is 11.4. The Morgan fingerprint density at radius 2 is 2.15 bits per heavy atom. The summed E-state index contributed by atoms with van der Waals surface area (Å²) in [7, 11) is -4.89. The normalized spacial score (nSPS) is 19.4. The molecule has 0 spiro atoms. The van der Waals surface area contributed by atoms with Crippen molar-refractivity contribution in [2.75, 3.05) is 11.4 Å². The van der Waals surface area contributed by atoms with E-state index in [0.717, 1.165) is 11.0 Å². The van der Waals surface area contributed by atoms with Crippen LogP contribution < -0.4 is 4.90 Å². The Kier molecular flexibility index (Phi) is 3.65. The lowest BCUT2D eigenvalue weighted by Crippen LogP contribution is -2.29. The molecule has 1 saturated heterocycles. The zero-order valence-electron chi connectivity index (χ0n) is 9.79. The van der Waals surface area contributed by atoms with E-state index in [2.05, 4.69) is 4.98 Å². The first-order valence-electron chi connectivity index (χ1n) is 5.34. The Hall–Kier alpha value is -1.74. The van der Waals surface area contributed by atoms with E-state index in [1.165, 1.54) is 6.07 Å². The van der Waals surface area contributed by atoms with Crippen molar-refractivity contribution in [3.05, 3.63) is 22.8 Å². The number of halogens is 2. The average molecular weight is 323 g/mol. The van der Waals surface area contributed by atoms with E-state index in [1.54, 1.807) is 0 Å². The number of amides is 1. The van der Waals surface area contributed by atoms with Gasteiger partial charge in [-0.05, 0) is 12.1 Å². The molecule has 7 nitrogen and oxygen atoms in total. The van der Waals surface area contributed by atoms with Crippen LogP contribution in [-0.2, 0) is 15.0 Å². The number of aromatic carboxylic acids is 1. The smallest absolute Gasteiger partial charge is 0.339 e. The monoisotopic (exact) mass is 322 g/mol. The lowest BCUT2D eigenvalue weighted by molar-refractivity contribution is -0.117. The number of anilines is 1. The highest BCUT2D eigenvalue weighted by Gasteiger charge is 2.40. The summed E-state index contributed by atoms with van der Waals surface area (Å²) in [5.41, 5.74) is -0.320. The summed E-state index contributed by atoms with van der Waals surface area (Å²) in [4.78, 5) is 27.3. The third-order valence-corrected chi connectivity index (χ3v) is 4.14. The molecule has 1 fully saturated rings. The van der Waals surface area contributed by atoms with E-state index < -0.39 is 40.3 Å². The highest BCUT2D eigenvalue weighted by atomic mass is 35.5. The van der Waals surface area contributed by atoms with Gasteiger partial charge < -0.3 is 5.11 Å². The number of carbonyl (C=O) groups is 2. The molecule has 2 rings (SSSR count). The summed E-state index contributed by atoms with van der Waals surface area (Å²) >= 11 is 5.64. The van der Waals surface area contributed by atoms with Crippen LogP contribution in [0.15, 0.2) is 12.1 Å². The Morgan fingerprint density at radius 3 is 2.65 bits per heavy atom. The van der Waals surface area contributed by atoms with Crippen LogP contribution in [0, 0.1) is 0 Å². The molecule has 10 heteroatoms. The first-order valence-corrected chi connectivity index (χ1v) is 7.16. The minimum Gasteiger partial charge on any atom is -0.478 e. The molecule has 1 aromatic heterocycles. The van der Waals surface area contributed by atoms with E-state index in [9.17, 15) is 21.9 Å². The number of carbonyl (C=O) groups excluding carboxylic acids is 1. The molecule has 1 aromatic rings. The van der Waals surface area contributed by atoms with Crippen LogP contribution in [0.5, 0.6) is 0 Å². The van der Waals surface area contributed by atoms with Crippen LogP contribution >= 0.6 is 11.6 Å². The maximum Gasteiger partial charge on any atom is 0.339 e. The van der Waals surface area contributed by atoms with E-state index in [0.29, 0.717) is 0 Å². The van der Waals surface area contributed by atoms with Crippen LogP contribution in [0.4, 0.5) is 9.70 Å². The van der Waals surface area contributed by atoms with Gasteiger partial charge in [-0.2, -0.15) is 8.42 Å². The number of nitrogens with zero attached hydrogens (tertiary/aromatic N) is 2. The molecular weight excluding hydrogens is 315 g/mol. The van der Waals surface area contributed by atoms with E-state index in [1.807, 2.05) is 0 Å². The molecule has 0 aliphatic carbocycles. The van der Waals surface area contributed by atoms with Gasteiger partial charge in [0, 0.05) is 13.0 Å². The molecule has 1 N–H and O–H groups in total. The molecule has 20 heavy (non-hydrogen) atoms. The van der Waals surface area contributed by atoms with Crippen LogP contribution in [0.1, 0.15) is 16.8 Å². The van der Waals surface area contributed by atoms with Crippen molar-refractivity contribution >= 4 is 39.5 Å². The highest BCUT2D eigenvalue weighted by Crippen LogP contribution is 2.28. The summed E-state index contributed by atoms with van der Waals surface area (Å²) in [5, 5.41) is 7.42. The molecule has 0 saturated carbocycles. The number of hydrogen-bond acceptors (Lipinski definition) is 5. The fourth-order valence-corrected chi connectivity index (χ4v) is 2.68. The number of carboxylic acid groups (broad SMARTS) is 1. The molecule has 1 unspecified atom stereocenters. The van der Waals surface area contributed by atoms with Gasteiger partial charge in [0.25, 0.3) is 0 Å². The Bertz CT molecular complexity index is 693. The summed E-state index contributed by atoms with van der Waals surface area (Å²) < 4.78 is 34.6. The SMILES string of the molecule is O=C(O)c1ccc(Cl)nc1N1CC(S(=O)(=O)F)CC1=O. The topological polar surface area (TPSA) is 105 Å². The maximum absolute atomic E-state index is 12.9. The van der Waals surface area contributed by atoms with Gasteiger partial charge in [-0.15, -0.1) is 3.89 Å². The van der Waals surface area contributed by atoms with E-state index >= 15 is 0 Å². The molecule has 108 valence electrons. The standard InChI is InChI=1S/C10H8ClFN2O5S/c11-7-2-1-6(10(16)17)9(13-7)14-4-5(3-8(14)15)20(12,18)19/h1-2,5H,3-4H2,(H,16,17). The largest absolute Gasteiger partial charge is 0.478 e. The minimum absolute atomic E-state index is 0.0654. The van der Waals surface area contributed by atoms with Crippen LogP contribution in [0.25, 0.3) is 0 Å². The number of aromatic nitrogens is 1. The van der Waals surface area contributed by atoms with Gasteiger partial charge in [-0.1, -0.05) is 11.6 Å². The molecule has 1 aliphatic heterocycles. The second kappa shape index (κ2) is 4.98. The lowest BCUT2D eigenvalue weighted by atomic mass is 10.2. The average Bonchev–Trinajstić information content (AvgIpc) is 2.70. The third-order valence-electron chi connectivity index (χ3n) is 2.81. The van der Waals surface area contributed by atoms with Gasteiger partial charge in [0.15, 0.2) is 5.82 Å². The predicted octanol–water partition coefficient (Wildman–Crippen LogP) is 0.838. The second-order valence-electron chi connectivity index (χ2n) is 4.12. The first-order chi connectivity index (χ1) is 9.20. The molecule has 0 radical (unpaired) electrons. The summed E-state index contributed by atoms with van der Waals surface area (Å²) in [6.45, 7) is -0.495. The highest BCUT2D eigenvalue weighted by molar-refractivity contribution is 7.87. The number of hydrogen-bond donors (Lipinski definition) is 1. The first kappa shape index (κ1) is 14.7. The minimum atomic E-state index is -4.89. The Morgan fingerprint density at radius 1 is 1.50 bits per heavy atom. The van der Waals surface area contributed by atoms with Crippen molar-refractivity contribution in [1.29, 1.82) is 0 Å². The molecule has 0 aromatic carbocycles. The Labute approximate surface area is 118 Å². The van der Waals surface area contributed by atoms with Crippen molar-refractivity contribution in [1.82, 2.24) is 4.98 Å². The zero-order chi connectivity index (χ0) is 15.1. The second-order valence-corrected chi connectivity index (χ2v) is 6.12. The molecule has 1 amide bonds. The Balaban J connectivity index is 2.45. The van der Waals surface area contributed by atoms with Gasteiger partial charge in [0.05, 0.1) is 0 Å². The number of pyridine rings is 1.